The lowest BCUT2D eigenvalue weighted by molar-refractivity contribution is -0.132. The van der Waals surface area contributed by atoms with Crippen LogP contribution in [0.1, 0.15) is 29.2 Å². The van der Waals surface area contributed by atoms with Gasteiger partial charge in [0.2, 0.25) is 0 Å². The highest BCUT2D eigenvalue weighted by Crippen LogP contribution is 2.42. The standard InChI is InChI=1S/C26H19ClFNO4/c27-18-6-3-15(4-7-18)23-22(24(30)17-5-12-21-16(14-17)2-1-13-33-21)25(31)26(32)29(23)20-10-8-19(28)9-11-20/h3-12,14,23,30H,1-2,13H2/b24-22-. The fourth-order valence-corrected chi connectivity index (χ4v) is 4.45. The van der Waals surface area contributed by atoms with Crippen LogP contribution in [0, 0.1) is 5.82 Å². The highest BCUT2D eigenvalue weighted by Gasteiger charge is 2.47. The van der Waals surface area contributed by atoms with Gasteiger partial charge in [-0.3, -0.25) is 14.5 Å². The summed E-state index contributed by atoms with van der Waals surface area (Å²) >= 11 is 6.05. The summed E-state index contributed by atoms with van der Waals surface area (Å²) in [5, 5.41) is 11.8. The van der Waals surface area contributed by atoms with E-state index in [9.17, 15) is 19.1 Å². The van der Waals surface area contributed by atoms with Crippen molar-refractivity contribution >= 4 is 34.7 Å². The van der Waals surface area contributed by atoms with E-state index in [2.05, 4.69) is 0 Å². The predicted octanol–water partition coefficient (Wildman–Crippen LogP) is 5.43. The molecule has 166 valence electrons. The molecule has 1 N–H and O–H groups in total. The van der Waals surface area contributed by atoms with Crippen LogP contribution < -0.4 is 9.64 Å². The average molecular weight is 464 g/mol. The number of rotatable bonds is 3. The topological polar surface area (TPSA) is 66.8 Å². The van der Waals surface area contributed by atoms with Gasteiger partial charge < -0.3 is 9.84 Å². The molecule has 2 heterocycles. The number of fused-ring (bicyclic) bond motifs is 1. The van der Waals surface area contributed by atoms with Crippen LogP contribution in [0.15, 0.2) is 72.3 Å². The maximum Gasteiger partial charge on any atom is 0.300 e. The molecule has 7 heteroatoms. The first-order valence-electron chi connectivity index (χ1n) is 10.5. The Labute approximate surface area is 194 Å². The van der Waals surface area contributed by atoms with Gasteiger partial charge in [0.15, 0.2) is 0 Å². The van der Waals surface area contributed by atoms with E-state index >= 15 is 0 Å². The maximum absolute atomic E-state index is 13.5. The van der Waals surface area contributed by atoms with E-state index in [1.54, 1.807) is 42.5 Å². The minimum absolute atomic E-state index is 0.0386. The third-order valence-electron chi connectivity index (χ3n) is 5.92. The molecule has 0 spiro atoms. The van der Waals surface area contributed by atoms with Gasteiger partial charge in [-0.15, -0.1) is 0 Å². The second-order valence-corrected chi connectivity index (χ2v) is 8.41. The molecule has 1 saturated heterocycles. The predicted molar refractivity (Wildman–Crippen MR) is 123 cm³/mol. The Hall–Kier alpha value is -3.64. The molecular weight excluding hydrogens is 445 g/mol. The van der Waals surface area contributed by atoms with Crippen molar-refractivity contribution in [3.63, 3.8) is 0 Å². The number of hydrogen-bond donors (Lipinski definition) is 1. The summed E-state index contributed by atoms with van der Waals surface area (Å²) in [5.74, 6) is -1.60. The Morgan fingerprint density at radius 1 is 1.03 bits per heavy atom. The van der Waals surface area contributed by atoms with Crippen molar-refractivity contribution in [1.29, 1.82) is 0 Å². The summed E-state index contributed by atoms with van der Waals surface area (Å²) in [6, 6.07) is 16.3. The molecule has 1 amide bonds. The molecule has 1 fully saturated rings. The Morgan fingerprint density at radius 3 is 2.48 bits per heavy atom. The number of ether oxygens (including phenoxy) is 1. The Kier molecular flexibility index (Phi) is 5.38. The van der Waals surface area contributed by atoms with Crippen molar-refractivity contribution in [3.8, 4) is 5.75 Å². The van der Waals surface area contributed by atoms with Crippen LogP contribution in [0.25, 0.3) is 5.76 Å². The van der Waals surface area contributed by atoms with Crippen LogP contribution in [-0.2, 0) is 16.0 Å². The first kappa shape index (κ1) is 21.2. The van der Waals surface area contributed by atoms with Crippen molar-refractivity contribution in [2.75, 3.05) is 11.5 Å². The quantitative estimate of drug-likeness (QED) is 0.319. The summed E-state index contributed by atoms with van der Waals surface area (Å²) in [6.45, 7) is 0.637. The molecule has 0 aromatic heterocycles. The van der Waals surface area contributed by atoms with E-state index in [0.717, 1.165) is 24.2 Å². The fraction of sp³-hybridized carbons (Fsp3) is 0.154. The van der Waals surface area contributed by atoms with E-state index < -0.39 is 23.5 Å². The van der Waals surface area contributed by atoms with Gasteiger partial charge in [0.25, 0.3) is 11.7 Å². The van der Waals surface area contributed by atoms with Gasteiger partial charge in [-0.05, 0) is 78.6 Å². The van der Waals surface area contributed by atoms with Gasteiger partial charge in [0.1, 0.15) is 17.3 Å². The number of halogens is 2. The number of benzene rings is 3. The number of carbonyl (C=O) groups excluding carboxylic acids is 2. The van der Waals surface area contributed by atoms with E-state index in [1.165, 1.54) is 29.2 Å². The van der Waals surface area contributed by atoms with Gasteiger partial charge in [-0.1, -0.05) is 23.7 Å². The van der Waals surface area contributed by atoms with Crippen molar-refractivity contribution in [2.24, 2.45) is 0 Å². The lowest BCUT2D eigenvalue weighted by Gasteiger charge is -2.25. The molecule has 2 aliphatic heterocycles. The molecule has 1 atom stereocenters. The molecular formula is C26H19ClFNO4. The summed E-state index contributed by atoms with van der Waals surface area (Å²) in [5.41, 5.74) is 2.25. The molecule has 0 bridgehead atoms. The average Bonchev–Trinajstić information content (AvgIpc) is 3.10. The monoisotopic (exact) mass is 463 g/mol. The van der Waals surface area contributed by atoms with Gasteiger partial charge in [-0.2, -0.15) is 0 Å². The number of hydrogen-bond acceptors (Lipinski definition) is 4. The number of carbonyl (C=O) groups is 2. The van der Waals surface area contributed by atoms with Gasteiger partial charge in [0.05, 0.1) is 18.2 Å². The second-order valence-electron chi connectivity index (χ2n) is 7.97. The Morgan fingerprint density at radius 2 is 1.76 bits per heavy atom. The minimum Gasteiger partial charge on any atom is -0.507 e. The van der Waals surface area contributed by atoms with Crippen LogP contribution in [0.5, 0.6) is 5.75 Å². The molecule has 0 saturated carbocycles. The molecule has 2 aliphatic rings. The van der Waals surface area contributed by atoms with E-state index in [4.69, 9.17) is 16.3 Å². The lowest BCUT2D eigenvalue weighted by Crippen LogP contribution is -2.29. The number of nitrogens with zero attached hydrogens (tertiary/aromatic N) is 1. The third kappa shape index (κ3) is 3.76. The first-order chi connectivity index (χ1) is 15.9. The van der Waals surface area contributed by atoms with Gasteiger partial charge in [-0.25, -0.2) is 4.39 Å². The number of Topliss-reactive ketones (excluding diaryl/α,β-unsaturated/α-hetero) is 1. The molecule has 33 heavy (non-hydrogen) atoms. The molecule has 1 unspecified atom stereocenters. The van der Waals surface area contributed by atoms with Crippen molar-refractivity contribution in [1.82, 2.24) is 0 Å². The zero-order chi connectivity index (χ0) is 23.1. The smallest absolute Gasteiger partial charge is 0.300 e. The summed E-state index contributed by atoms with van der Waals surface area (Å²) < 4.78 is 19.2. The number of amides is 1. The normalized spacial score (nSPS) is 19.3. The largest absolute Gasteiger partial charge is 0.507 e. The van der Waals surface area contributed by atoms with Gasteiger partial charge in [0, 0.05) is 16.3 Å². The summed E-state index contributed by atoms with van der Waals surface area (Å²) in [6.07, 6.45) is 1.65. The molecule has 3 aromatic rings. The number of aliphatic hydroxyl groups excluding tert-OH is 1. The fourth-order valence-electron chi connectivity index (χ4n) is 4.32. The van der Waals surface area contributed by atoms with E-state index in [0.29, 0.717) is 28.4 Å². The molecule has 3 aromatic carbocycles. The molecule has 0 radical (unpaired) electrons. The lowest BCUT2D eigenvalue weighted by atomic mass is 9.94. The van der Waals surface area contributed by atoms with Gasteiger partial charge >= 0.3 is 0 Å². The number of ketones is 1. The van der Waals surface area contributed by atoms with Crippen molar-refractivity contribution < 1.29 is 23.8 Å². The minimum atomic E-state index is -0.903. The molecule has 5 rings (SSSR count). The van der Waals surface area contributed by atoms with Crippen LogP contribution in [0.2, 0.25) is 5.02 Å². The zero-order valence-electron chi connectivity index (χ0n) is 17.4. The number of anilines is 1. The summed E-state index contributed by atoms with van der Waals surface area (Å²) in [7, 11) is 0. The van der Waals surface area contributed by atoms with Crippen molar-refractivity contribution in [3.05, 3.63) is 99.8 Å². The highest BCUT2D eigenvalue weighted by molar-refractivity contribution is 6.51. The second kappa shape index (κ2) is 8.37. The highest BCUT2D eigenvalue weighted by atomic mass is 35.5. The van der Waals surface area contributed by atoms with Crippen LogP contribution in [0.3, 0.4) is 0 Å². The van der Waals surface area contributed by atoms with E-state index in [-0.39, 0.29) is 11.3 Å². The van der Waals surface area contributed by atoms with Crippen molar-refractivity contribution in [2.45, 2.75) is 18.9 Å². The van der Waals surface area contributed by atoms with Crippen LogP contribution in [0.4, 0.5) is 10.1 Å². The third-order valence-corrected chi connectivity index (χ3v) is 6.17. The number of aliphatic hydroxyl groups is 1. The zero-order valence-corrected chi connectivity index (χ0v) is 18.2. The molecule has 5 nitrogen and oxygen atoms in total. The maximum atomic E-state index is 13.5. The van der Waals surface area contributed by atoms with Crippen LogP contribution in [-0.4, -0.2) is 23.4 Å². The number of aryl methyl sites for hydroxylation is 1. The Bertz CT molecular complexity index is 1280. The Balaban J connectivity index is 1.68. The summed E-state index contributed by atoms with van der Waals surface area (Å²) in [4.78, 5) is 27.6. The molecule has 0 aliphatic carbocycles. The van der Waals surface area contributed by atoms with E-state index in [1.807, 2.05) is 0 Å². The van der Waals surface area contributed by atoms with Crippen LogP contribution >= 0.6 is 11.6 Å². The SMILES string of the molecule is O=C1C(=O)N(c2ccc(F)cc2)C(c2ccc(Cl)cc2)/C1=C(/O)c1ccc2c(c1)CCCO2. The first-order valence-corrected chi connectivity index (χ1v) is 10.9.